The first-order valence-corrected chi connectivity index (χ1v) is 8.11. The molecule has 2 aromatic rings. The fraction of sp³-hybridized carbons (Fsp3) is 0.250. The van der Waals surface area contributed by atoms with Crippen molar-refractivity contribution in [2.45, 2.75) is 6.42 Å². The minimum absolute atomic E-state index is 0.0955. The summed E-state index contributed by atoms with van der Waals surface area (Å²) in [4.78, 5) is 11.9. The number of carbonyl (C=O) groups excluding carboxylic acids is 1. The highest BCUT2D eigenvalue weighted by molar-refractivity contribution is 5.91. The lowest BCUT2D eigenvalue weighted by Crippen LogP contribution is -2.23. The van der Waals surface area contributed by atoms with Crippen LogP contribution in [0, 0.1) is 0 Å². The number of methoxy groups -OCH3 is 3. The standard InChI is InChI=1S/C20H23NO5/c1-24-17-8-5-14(13-19(17)26-3)6-9-20(23)21-11-10-15-4-7-16(22)18(12-15)25-2/h4-9,12-13,22H,10-11H2,1-3H3,(H,21,23)/b9-6+. The summed E-state index contributed by atoms with van der Waals surface area (Å²) < 4.78 is 15.5. The highest BCUT2D eigenvalue weighted by atomic mass is 16.5. The van der Waals surface area contributed by atoms with Gasteiger partial charge >= 0.3 is 0 Å². The van der Waals surface area contributed by atoms with E-state index in [2.05, 4.69) is 5.32 Å². The van der Waals surface area contributed by atoms with Crippen LogP contribution in [0.2, 0.25) is 0 Å². The van der Waals surface area contributed by atoms with Gasteiger partial charge in [-0.3, -0.25) is 4.79 Å². The first-order chi connectivity index (χ1) is 12.6. The monoisotopic (exact) mass is 357 g/mol. The largest absolute Gasteiger partial charge is 0.504 e. The van der Waals surface area contributed by atoms with Crippen molar-refractivity contribution in [1.82, 2.24) is 5.32 Å². The molecule has 0 spiro atoms. The minimum atomic E-state index is -0.189. The maximum atomic E-state index is 11.9. The van der Waals surface area contributed by atoms with E-state index in [0.717, 1.165) is 11.1 Å². The van der Waals surface area contributed by atoms with Crippen molar-refractivity contribution < 1.29 is 24.1 Å². The van der Waals surface area contributed by atoms with Gasteiger partial charge in [0.15, 0.2) is 23.0 Å². The van der Waals surface area contributed by atoms with Gasteiger partial charge in [0.1, 0.15) is 0 Å². The van der Waals surface area contributed by atoms with E-state index in [4.69, 9.17) is 14.2 Å². The average molecular weight is 357 g/mol. The summed E-state index contributed by atoms with van der Waals surface area (Å²) >= 11 is 0. The second kappa shape index (κ2) is 9.36. The number of benzene rings is 2. The number of ether oxygens (including phenoxy) is 3. The SMILES string of the molecule is COc1cc(CCNC(=O)/C=C/c2ccc(OC)c(OC)c2)ccc1O. The molecule has 0 aliphatic carbocycles. The zero-order chi connectivity index (χ0) is 18.9. The average Bonchev–Trinajstić information content (AvgIpc) is 2.67. The summed E-state index contributed by atoms with van der Waals surface area (Å²) in [6.07, 6.45) is 3.81. The molecule has 2 N–H and O–H groups in total. The molecule has 0 atom stereocenters. The van der Waals surface area contributed by atoms with Gasteiger partial charge in [0.25, 0.3) is 0 Å². The molecule has 6 nitrogen and oxygen atoms in total. The molecule has 2 aromatic carbocycles. The smallest absolute Gasteiger partial charge is 0.244 e. The Bertz CT molecular complexity index is 786. The summed E-state index contributed by atoms with van der Waals surface area (Å²) in [5.41, 5.74) is 1.80. The Morgan fingerprint density at radius 3 is 2.42 bits per heavy atom. The van der Waals surface area contributed by atoms with Crippen molar-refractivity contribution in [2.75, 3.05) is 27.9 Å². The Morgan fingerprint density at radius 2 is 1.73 bits per heavy atom. The summed E-state index contributed by atoms with van der Waals surface area (Å²) in [7, 11) is 4.64. The van der Waals surface area contributed by atoms with E-state index < -0.39 is 0 Å². The number of nitrogens with one attached hydrogen (secondary N) is 1. The van der Waals surface area contributed by atoms with Crippen LogP contribution < -0.4 is 19.5 Å². The molecule has 0 saturated heterocycles. The second-order valence-corrected chi connectivity index (χ2v) is 5.49. The van der Waals surface area contributed by atoms with E-state index in [1.807, 2.05) is 6.07 Å². The van der Waals surface area contributed by atoms with Gasteiger partial charge in [0, 0.05) is 12.6 Å². The van der Waals surface area contributed by atoms with Crippen molar-refractivity contribution in [2.24, 2.45) is 0 Å². The third-order valence-corrected chi connectivity index (χ3v) is 3.79. The van der Waals surface area contributed by atoms with E-state index in [1.165, 1.54) is 13.2 Å². The van der Waals surface area contributed by atoms with Gasteiger partial charge in [-0.1, -0.05) is 12.1 Å². The maximum Gasteiger partial charge on any atom is 0.244 e. The first-order valence-electron chi connectivity index (χ1n) is 8.11. The highest BCUT2D eigenvalue weighted by Crippen LogP contribution is 2.28. The number of rotatable bonds is 8. The Labute approximate surface area is 153 Å². The van der Waals surface area contributed by atoms with Gasteiger partial charge in [-0.05, 0) is 47.9 Å². The molecular formula is C20H23NO5. The molecule has 0 aliphatic rings. The number of hydrogen-bond acceptors (Lipinski definition) is 5. The van der Waals surface area contributed by atoms with Gasteiger partial charge in [-0.2, -0.15) is 0 Å². The molecule has 1 amide bonds. The number of aromatic hydroxyl groups is 1. The van der Waals surface area contributed by atoms with Crippen LogP contribution in [0.5, 0.6) is 23.0 Å². The Hall–Kier alpha value is -3.15. The van der Waals surface area contributed by atoms with Crippen molar-refractivity contribution in [3.05, 3.63) is 53.6 Å². The molecule has 0 aliphatic heterocycles. The van der Waals surface area contributed by atoms with Crippen LogP contribution in [0.1, 0.15) is 11.1 Å². The molecule has 138 valence electrons. The van der Waals surface area contributed by atoms with E-state index >= 15 is 0 Å². The van der Waals surface area contributed by atoms with Gasteiger partial charge in [0.2, 0.25) is 5.91 Å². The normalized spacial score (nSPS) is 10.6. The summed E-state index contributed by atoms with van der Waals surface area (Å²) in [5, 5.41) is 12.4. The van der Waals surface area contributed by atoms with E-state index in [1.54, 1.807) is 50.6 Å². The lowest BCUT2D eigenvalue weighted by atomic mass is 10.1. The molecule has 0 radical (unpaired) electrons. The summed E-state index contributed by atoms with van der Waals surface area (Å²) in [6.45, 7) is 0.475. The minimum Gasteiger partial charge on any atom is -0.504 e. The molecular weight excluding hydrogens is 334 g/mol. The third-order valence-electron chi connectivity index (χ3n) is 3.79. The lowest BCUT2D eigenvalue weighted by molar-refractivity contribution is -0.116. The summed E-state index contributed by atoms with van der Waals surface area (Å²) in [5.74, 6) is 1.57. The lowest BCUT2D eigenvalue weighted by Gasteiger charge is -2.08. The second-order valence-electron chi connectivity index (χ2n) is 5.49. The van der Waals surface area contributed by atoms with Crippen LogP contribution in [-0.2, 0) is 11.2 Å². The van der Waals surface area contributed by atoms with Crippen LogP contribution in [0.15, 0.2) is 42.5 Å². The molecule has 6 heteroatoms. The number of hydrogen-bond donors (Lipinski definition) is 2. The predicted octanol–water partition coefficient (Wildman–Crippen LogP) is 2.79. The zero-order valence-corrected chi connectivity index (χ0v) is 15.1. The molecule has 26 heavy (non-hydrogen) atoms. The van der Waals surface area contributed by atoms with E-state index in [0.29, 0.717) is 30.2 Å². The summed E-state index contributed by atoms with van der Waals surface area (Å²) in [6, 6.07) is 10.5. The topological polar surface area (TPSA) is 77.0 Å². The van der Waals surface area contributed by atoms with Crippen LogP contribution in [0.4, 0.5) is 0 Å². The van der Waals surface area contributed by atoms with Gasteiger partial charge in [0.05, 0.1) is 21.3 Å². The van der Waals surface area contributed by atoms with Crippen molar-refractivity contribution >= 4 is 12.0 Å². The molecule has 0 bridgehead atoms. The molecule has 0 heterocycles. The Morgan fingerprint density at radius 1 is 1.00 bits per heavy atom. The fourth-order valence-corrected chi connectivity index (χ4v) is 2.39. The number of amides is 1. The van der Waals surface area contributed by atoms with E-state index in [-0.39, 0.29) is 11.7 Å². The van der Waals surface area contributed by atoms with E-state index in [9.17, 15) is 9.90 Å². The van der Waals surface area contributed by atoms with Crippen molar-refractivity contribution in [3.8, 4) is 23.0 Å². The predicted molar refractivity (Wildman–Crippen MR) is 100.0 cm³/mol. The maximum absolute atomic E-state index is 11.9. The number of phenolic OH excluding ortho intramolecular Hbond substituents is 1. The number of carbonyl (C=O) groups is 1. The van der Waals surface area contributed by atoms with Crippen LogP contribution in [-0.4, -0.2) is 38.9 Å². The Kier molecular flexibility index (Phi) is 6.91. The van der Waals surface area contributed by atoms with Gasteiger partial charge in [-0.25, -0.2) is 0 Å². The highest BCUT2D eigenvalue weighted by Gasteiger charge is 2.04. The first kappa shape index (κ1) is 19.2. The molecule has 2 rings (SSSR count). The zero-order valence-electron chi connectivity index (χ0n) is 15.1. The molecule has 0 unspecified atom stereocenters. The molecule has 0 fully saturated rings. The third kappa shape index (κ3) is 5.17. The van der Waals surface area contributed by atoms with Crippen LogP contribution in [0.3, 0.4) is 0 Å². The quantitative estimate of drug-likeness (QED) is 0.711. The van der Waals surface area contributed by atoms with Crippen molar-refractivity contribution in [3.63, 3.8) is 0 Å². The fourth-order valence-electron chi connectivity index (χ4n) is 2.39. The van der Waals surface area contributed by atoms with Gasteiger partial charge < -0.3 is 24.6 Å². The Balaban J connectivity index is 1.88. The van der Waals surface area contributed by atoms with Crippen LogP contribution >= 0.6 is 0 Å². The number of phenols is 1. The van der Waals surface area contributed by atoms with Gasteiger partial charge in [-0.15, -0.1) is 0 Å². The van der Waals surface area contributed by atoms with Crippen molar-refractivity contribution in [1.29, 1.82) is 0 Å². The molecule has 0 aromatic heterocycles. The molecule has 0 saturated carbocycles. The van der Waals surface area contributed by atoms with Crippen LogP contribution in [0.25, 0.3) is 6.08 Å².